The Bertz CT molecular complexity index is 105. The SMILES string of the molecule is NCC(=O)O.NCC(=O)[O-].[Ag+]. The molecule has 0 bridgehead atoms. The first-order valence-electron chi connectivity index (χ1n) is 2.36. The molecule has 5 N–H and O–H groups in total. The molecule has 0 amide bonds. The van der Waals surface area contributed by atoms with Gasteiger partial charge in [-0.1, -0.05) is 0 Å². The van der Waals surface area contributed by atoms with Crippen LogP contribution < -0.4 is 16.6 Å². The molecule has 0 aromatic rings. The fraction of sp³-hybridized carbons (Fsp3) is 0.500. The second-order valence-electron chi connectivity index (χ2n) is 1.17. The van der Waals surface area contributed by atoms with E-state index >= 15 is 0 Å². The second-order valence-corrected chi connectivity index (χ2v) is 1.17. The molecular weight excluding hydrogens is 248 g/mol. The van der Waals surface area contributed by atoms with E-state index in [-0.39, 0.29) is 35.5 Å². The normalized spacial score (nSPS) is 6.73. The van der Waals surface area contributed by atoms with Gasteiger partial charge in [0.15, 0.2) is 0 Å². The number of carboxylic acid groups (broad SMARTS) is 2. The van der Waals surface area contributed by atoms with Crippen LogP contribution in [-0.4, -0.2) is 30.1 Å². The summed E-state index contributed by atoms with van der Waals surface area (Å²) in [7, 11) is 0. The summed E-state index contributed by atoms with van der Waals surface area (Å²) in [6.45, 7) is -0.667. The maximum atomic E-state index is 9.24. The largest absolute Gasteiger partial charge is 1.00 e. The van der Waals surface area contributed by atoms with Gasteiger partial charge in [0.05, 0.1) is 12.5 Å². The molecule has 0 aromatic heterocycles. The van der Waals surface area contributed by atoms with Crippen molar-refractivity contribution >= 4 is 11.9 Å². The van der Waals surface area contributed by atoms with Gasteiger partial charge < -0.3 is 26.5 Å². The minimum absolute atomic E-state index is 0. The molecule has 0 aliphatic rings. The van der Waals surface area contributed by atoms with E-state index in [1.807, 2.05) is 0 Å². The van der Waals surface area contributed by atoms with Crippen LogP contribution in [0.25, 0.3) is 0 Å². The van der Waals surface area contributed by atoms with Gasteiger partial charge in [0, 0.05) is 6.54 Å². The van der Waals surface area contributed by atoms with Gasteiger partial charge in [0.25, 0.3) is 0 Å². The Morgan fingerprint density at radius 1 is 1.27 bits per heavy atom. The molecule has 0 saturated heterocycles. The first kappa shape index (κ1) is 16.9. The van der Waals surface area contributed by atoms with E-state index in [9.17, 15) is 4.79 Å². The van der Waals surface area contributed by atoms with Gasteiger partial charge in [-0.05, 0) is 0 Å². The summed E-state index contributed by atoms with van der Waals surface area (Å²) in [5.74, 6) is -2.19. The fourth-order valence-corrected chi connectivity index (χ4v) is 0. The zero-order valence-electron chi connectivity index (χ0n) is 5.54. The Kier molecular flexibility index (Phi) is 18.9. The summed E-state index contributed by atoms with van der Waals surface area (Å²) in [6.07, 6.45) is 0. The number of aliphatic carboxylic acids is 2. The quantitative estimate of drug-likeness (QED) is 0.445. The summed E-state index contributed by atoms with van der Waals surface area (Å²) in [4.78, 5) is 18.4. The van der Waals surface area contributed by atoms with Crippen LogP contribution in [0, 0.1) is 0 Å². The smallest absolute Gasteiger partial charge is 0.549 e. The first-order valence-corrected chi connectivity index (χ1v) is 2.36. The molecule has 0 atom stereocenters. The molecule has 0 unspecified atom stereocenters. The molecule has 0 aromatic carbocycles. The average Bonchev–Trinajstić information content (AvgIpc) is 1.89. The van der Waals surface area contributed by atoms with Gasteiger partial charge >= 0.3 is 28.3 Å². The minimum atomic E-state index is -1.22. The number of rotatable bonds is 2. The standard InChI is InChI=1S/2C2H5NO2.Ag/c2*3-1-2(4)5;/h2*1,3H2,(H,4,5);/q;;+1/p-1. The molecule has 0 fully saturated rings. The number of carbonyl (C=O) groups excluding carboxylic acids is 1. The van der Waals surface area contributed by atoms with Crippen molar-refractivity contribution in [2.24, 2.45) is 11.5 Å². The van der Waals surface area contributed by atoms with Crippen molar-refractivity contribution in [1.29, 1.82) is 0 Å². The van der Waals surface area contributed by atoms with E-state index in [1.165, 1.54) is 0 Å². The van der Waals surface area contributed by atoms with Crippen LogP contribution in [0.4, 0.5) is 0 Å². The maximum Gasteiger partial charge on any atom is 1.00 e. The molecule has 0 saturated carbocycles. The van der Waals surface area contributed by atoms with Gasteiger partial charge in [0.2, 0.25) is 0 Å². The summed E-state index contributed by atoms with van der Waals surface area (Å²) in [5.41, 5.74) is 9.08. The van der Waals surface area contributed by atoms with Gasteiger partial charge in [0.1, 0.15) is 0 Å². The minimum Gasteiger partial charge on any atom is -0.549 e. The third kappa shape index (κ3) is 42.8. The van der Waals surface area contributed by atoms with E-state index in [4.69, 9.17) is 15.0 Å². The van der Waals surface area contributed by atoms with Crippen molar-refractivity contribution in [1.82, 2.24) is 0 Å². The molecule has 6 nitrogen and oxygen atoms in total. The van der Waals surface area contributed by atoms with Crippen LogP contribution >= 0.6 is 0 Å². The van der Waals surface area contributed by atoms with Crippen LogP contribution in [-0.2, 0) is 32.0 Å². The molecule has 0 radical (unpaired) electrons. The van der Waals surface area contributed by atoms with Gasteiger partial charge in [-0.15, -0.1) is 0 Å². The summed E-state index contributed by atoms with van der Waals surface area (Å²) < 4.78 is 0. The van der Waals surface area contributed by atoms with E-state index in [0.29, 0.717) is 0 Å². The molecule has 11 heavy (non-hydrogen) atoms. The third-order valence-electron chi connectivity index (χ3n) is 0.341. The van der Waals surface area contributed by atoms with Gasteiger partial charge in [-0.3, -0.25) is 4.79 Å². The number of hydrogen-bond donors (Lipinski definition) is 3. The number of hydrogen-bond acceptors (Lipinski definition) is 5. The van der Waals surface area contributed by atoms with Crippen molar-refractivity contribution in [3.63, 3.8) is 0 Å². The fourth-order valence-electron chi connectivity index (χ4n) is 0. The maximum absolute atomic E-state index is 9.24. The Labute approximate surface area is 79.1 Å². The van der Waals surface area contributed by atoms with Crippen molar-refractivity contribution in [2.75, 3.05) is 13.1 Å². The monoisotopic (exact) mass is 256 g/mol. The number of carboxylic acids is 2. The summed E-state index contributed by atoms with van der Waals surface area (Å²) >= 11 is 0. The van der Waals surface area contributed by atoms with Gasteiger partial charge in [-0.25, -0.2) is 0 Å². The number of nitrogens with two attached hydrogens (primary N) is 2. The Balaban J connectivity index is -0.000000107. The van der Waals surface area contributed by atoms with Crippen LogP contribution in [0.1, 0.15) is 0 Å². The van der Waals surface area contributed by atoms with Crippen molar-refractivity contribution < 1.29 is 42.2 Å². The van der Waals surface area contributed by atoms with Gasteiger partial charge in [-0.2, -0.15) is 0 Å². The van der Waals surface area contributed by atoms with E-state index in [0.717, 1.165) is 0 Å². The molecule has 7 heteroatoms. The zero-order valence-corrected chi connectivity index (χ0v) is 7.02. The second kappa shape index (κ2) is 12.3. The zero-order chi connectivity index (χ0) is 8.57. The summed E-state index contributed by atoms with van der Waals surface area (Å²) in [5, 5.41) is 16.7. The average molecular weight is 257 g/mol. The predicted octanol–water partition coefficient (Wildman–Crippen LogP) is -3.28. The molecule has 0 aliphatic heterocycles. The van der Waals surface area contributed by atoms with Crippen LogP contribution in [0.5, 0.6) is 0 Å². The molecular formula is C4H9AgN2O4. The Morgan fingerprint density at radius 2 is 1.45 bits per heavy atom. The first-order chi connectivity index (χ1) is 4.54. The van der Waals surface area contributed by atoms with E-state index in [2.05, 4.69) is 11.5 Å². The topological polar surface area (TPSA) is 129 Å². The summed E-state index contributed by atoms with van der Waals surface area (Å²) in [6, 6.07) is 0. The van der Waals surface area contributed by atoms with Crippen LogP contribution in [0.15, 0.2) is 0 Å². The molecule has 70 valence electrons. The molecule has 0 aliphatic carbocycles. The van der Waals surface area contributed by atoms with E-state index in [1.54, 1.807) is 0 Å². The number of carbonyl (C=O) groups is 2. The third-order valence-corrected chi connectivity index (χ3v) is 0.341. The van der Waals surface area contributed by atoms with Crippen LogP contribution in [0.3, 0.4) is 0 Å². The van der Waals surface area contributed by atoms with Crippen molar-refractivity contribution in [3.8, 4) is 0 Å². The molecule has 0 spiro atoms. The predicted molar refractivity (Wildman–Crippen MR) is 30.8 cm³/mol. The molecule has 0 rings (SSSR count). The Hall–Kier alpha value is -0.400. The van der Waals surface area contributed by atoms with Crippen molar-refractivity contribution in [2.45, 2.75) is 0 Å². The Morgan fingerprint density at radius 3 is 1.45 bits per heavy atom. The molecule has 0 heterocycles. The van der Waals surface area contributed by atoms with Crippen LogP contribution in [0.2, 0.25) is 0 Å². The van der Waals surface area contributed by atoms with Crippen molar-refractivity contribution in [3.05, 3.63) is 0 Å². The van der Waals surface area contributed by atoms with E-state index < -0.39 is 11.9 Å².